The summed E-state index contributed by atoms with van der Waals surface area (Å²) in [4.78, 5) is 26.8. The second-order valence-corrected chi connectivity index (χ2v) is 8.52. The molecule has 164 valence electrons. The molecule has 1 unspecified atom stereocenters. The smallest absolute Gasteiger partial charge is 0.493 e. The average molecular weight is 418 g/mol. The maximum atomic E-state index is 13.0. The zero-order valence-electron chi connectivity index (χ0n) is 18.2. The molecular formula is C23H31NO6. The largest absolute Gasteiger partial charge is 0.509 e. The Bertz CT molecular complexity index is 839. The normalized spacial score (nSPS) is 28.7. The number of Topliss-reactive ketones (excluding diaryl/α,β-unsaturated/α-hetero) is 1. The molecule has 0 aromatic heterocycles. The van der Waals surface area contributed by atoms with Gasteiger partial charge in [-0.05, 0) is 50.8 Å². The van der Waals surface area contributed by atoms with Gasteiger partial charge >= 0.3 is 6.16 Å². The van der Waals surface area contributed by atoms with E-state index in [2.05, 4.69) is 17.9 Å². The van der Waals surface area contributed by atoms with E-state index in [9.17, 15) is 9.59 Å². The predicted molar refractivity (Wildman–Crippen MR) is 110 cm³/mol. The van der Waals surface area contributed by atoms with Gasteiger partial charge in [0, 0.05) is 23.4 Å². The summed E-state index contributed by atoms with van der Waals surface area (Å²) < 4.78 is 22.1. The molecule has 7 heteroatoms. The number of likely N-dealkylation sites (N-methyl/N-ethyl adjacent to an activating group) is 1. The molecule has 0 amide bonds. The second-order valence-electron chi connectivity index (χ2n) is 8.52. The van der Waals surface area contributed by atoms with Crippen molar-refractivity contribution in [2.45, 2.75) is 63.5 Å². The molecule has 1 aromatic carbocycles. The molecule has 1 saturated carbocycles. The number of carbonyl (C=O) groups excluding carboxylic acids is 2. The van der Waals surface area contributed by atoms with Crippen LogP contribution in [0.4, 0.5) is 4.79 Å². The molecule has 4 atom stereocenters. The zero-order chi connectivity index (χ0) is 21.5. The van der Waals surface area contributed by atoms with E-state index in [1.54, 1.807) is 14.0 Å². The van der Waals surface area contributed by atoms with Gasteiger partial charge in [0.1, 0.15) is 6.73 Å². The molecule has 30 heavy (non-hydrogen) atoms. The van der Waals surface area contributed by atoms with Crippen LogP contribution in [0.2, 0.25) is 0 Å². The maximum absolute atomic E-state index is 13.0. The minimum atomic E-state index is -0.656. The van der Waals surface area contributed by atoms with E-state index < -0.39 is 12.3 Å². The molecule has 0 bridgehead atoms. The van der Waals surface area contributed by atoms with Crippen molar-refractivity contribution in [3.8, 4) is 11.5 Å². The average Bonchev–Trinajstić information content (AvgIpc) is 3.09. The van der Waals surface area contributed by atoms with Crippen LogP contribution in [0.5, 0.6) is 11.5 Å². The summed E-state index contributed by atoms with van der Waals surface area (Å²) in [7, 11) is 3.61. The number of benzene rings is 1. The fraction of sp³-hybridized carbons (Fsp3) is 0.652. The number of carbonyl (C=O) groups is 2. The van der Waals surface area contributed by atoms with Crippen LogP contribution in [0.15, 0.2) is 12.1 Å². The van der Waals surface area contributed by atoms with Crippen molar-refractivity contribution >= 4 is 11.9 Å². The third kappa shape index (κ3) is 3.06. The molecule has 4 rings (SSSR count). The fourth-order valence-electron chi connectivity index (χ4n) is 5.97. The van der Waals surface area contributed by atoms with E-state index in [1.165, 1.54) is 11.1 Å². The van der Waals surface area contributed by atoms with Crippen LogP contribution in [-0.4, -0.2) is 56.5 Å². The van der Waals surface area contributed by atoms with E-state index in [-0.39, 0.29) is 36.5 Å². The van der Waals surface area contributed by atoms with Crippen molar-refractivity contribution in [2.75, 3.05) is 27.5 Å². The number of ketones is 1. The fourth-order valence-corrected chi connectivity index (χ4v) is 5.97. The van der Waals surface area contributed by atoms with E-state index in [4.69, 9.17) is 18.9 Å². The van der Waals surface area contributed by atoms with Crippen molar-refractivity contribution in [3.05, 3.63) is 23.3 Å². The highest BCUT2D eigenvalue weighted by Gasteiger charge is 2.63. The first-order valence-electron chi connectivity index (χ1n) is 10.9. The van der Waals surface area contributed by atoms with Crippen molar-refractivity contribution in [1.82, 2.24) is 4.90 Å². The number of hydrogen-bond donors (Lipinski definition) is 0. The standard InChI is InChI=1S/C23H31NO6/c1-5-11-23-15-8-9-17(25)21(23)30-20-18(27-4)10-7-14(19(20)23)12-16(15)24(3)13-29-22(26)28-6-2/h7,10,15-16,21H,5-6,8-9,11-13H2,1-4H3/t15-,16?,21-,23-/m0/s1. The summed E-state index contributed by atoms with van der Waals surface area (Å²) in [6.07, 6.45) is 2.84. The number of nitrogens with zero attached hydrogens (tertiary/aromatic N) is 1. The van der Waals surface area contributed by atoms with E-state index >= 15 is 0 Å². The van der Waals surface area contributed by atoms with E-state index in [0.717, 1.165) is 31.4 Å². The Morgan fingerprint density at radius 3 is 2.80 bits per heavy atom. The summed E-state index contributed by atoms with van der Waals surface area (Å²) in [5, 5.41) is 0. The lowest BCUT2D eigenvalue weighted by Gasteiger charge is -2.52. The van der Waals surface area contributed by atoms with Crippen LogP contribution in [0.25, 0.3) is 0 Å². The van der Waals surface area contributed by atoms with Gasteiger partial charge in [0.25, 0.3) is 0 Å². The molecule has 2 aliphatic carbocycles. The summed E-state index contributed by atoms with van der Waals surface area (Å²) in [6.45, 7) is 4.35. The third-order valence-electron chi connectivity index (χ3n) is 7.02. The van der Waals surface area contributed by atoms with Crippen LogP contribution in [0.1, 0.15) is 50.7 Å². The first-order valence-corrected chi connectivity index (χ1v) is 10.9. The van der Waals surface area contributed by atoms with Crippen LogP contribution in [0, 0.1) is 5.92 Å². The Kier molecular flexibility index (Phi) is 5.66. The zero-order valence-corrected chi connectivity index (χ0v) is 18.2. The van der Waals surface area contributed by atoms with Gasteiger partial charge in [-0.2, -0.15) is 0 Å². The van der Waals surface area contributed by atoms with Crippen molar-refractivity contribution in [3.63, 3.8) is 0 Å². The van der Waals surface area contributed by atoms with E-state index in [0.29, 0.717) is 12.2 Å². The lowest BCUT2D eigenvalue weighted by atomic mass is 9.53. The Balaban J connectivity index is 1.74. The van der Waals surface area contributed by atoms with Gasteiger partial charge in [-0.3, -0.25) is 9.69 Å². The third-order valence-corrected chi connectivity index (χ3v) is 7.02. The maximum Gasteiger partial charge on any atom is 0.509 e. The number of ether oxygens (including phenoxy) is 4. The first-order chi connectivity index (χ1) is 14.5. The van der Waals surface area contributed by atoms with Crippen LogP contribution in [0.3, 0.4) is 0 Å². The van der Waals surface area contributed by atoms with Crippen molar-refractivity contribution in [2.24, 2.45) is 5.92 Å². The van der Waals surface area contributed by atoms with Gasteiger partial charge in [0.05, 0.1) is 13.7 Å². The molecule has 0 saturated heterocycles. The minimum absolute atomic E-state index is 0.136. The summed E-state index contributed by atoms with van der Waals surface area (Å²) in [5.41, 5.74) is 2.01. The predicted octanol–water partition coefficient (Wildman–Crippen LogP) is 3.46. The van der Waals surface area contributed by atoms with Gasteiger partial charge in [0.2, 0.25) is 0 Å². The Morgan fingerprint density at radius 2 is 2.10 bits per heavy atom. The van der Waals surface area contributed by atoms with Gasteiger partial charge < -0.3 is 18.9 Å². The first kappa shape index (κ1) is 21.0. The molecule has 1 aliphatic heterocycles. The molecule has 1 fully saturated rings. The number of methoxy groups -OCH3 is 1. The summed E-state index contributed by atoms with van der Waals surface area (Å²) >= 11 is 0. The minimum Gasteiger partial charge on any atom is -0.493 e. The molecule has 0 spiro atoms. The van der Waals surface area contributed by atoms with Gasteiger partial charge in [0.15, 0.2) is 23.4 Å². The van der Waals surface area contributed by atoms with Crippen LogP contribution < -0.4 is 9.47 Å². The van der Waals surface area contributed by atoms with Crippen LogP contribution in [-0.2, 0) is 26.1 Å². The highest BCUT2D eigenvalue weighted by molar-refractivity contribution is 5.89. The van der Waals surface area contributed by atoms with Gasteiger partial charge in [-0.25, -0.2) is 4.79 Å². The molecule has 7 nitrogen and oxygen atoms in total. The summed E-state index contributed by atoms with van der Waals surface area (Å²) in [5.74, 6) is 1.85. The Labute approximate surface area is 177 Å². The Morgan fingerprint density at radius 1 is 1.30 bits per heavy atom. The highest BCUT2D eigenvalue weighted by atomic mass is 16.7. The van der Waals surface area contributed by atoms with Gasteiger partial charge in [-0.1, -0.05) is 19.4 Å². The highest BCUT2D eigenvalue weighted by Crippen LogP contribution is 2.61. The lowest BCUT2D eigenvalue weighted by molar-refractivity contribution is -0.136. The van der Waals surface area contributed by atoms with E-state index in [1.807, 2.05) is 13.1 Å². The van der Waals surface area contributed by atoms with Crippen molar-refractivity contribution in [1.29, 1.82) is 0 Å². The molecule has 1 heterocycles. The van der Waals surface area contributed by atoms with Gasteiger partial charge in [-0.15, -0.1) is 0 Å². The molecule has 0 N–H and O–H groups in total. The molecular weight excluding hydrogens is 386 g/mol. The van der Waals surface area contributed by atoms with Crippen LogP contribution >= 0.6 is 0 Å². The second kappa shape index (κ2) is 8.10. The Hall–Kier alpha value is -2.28. The number of hydrogen-bond acceptors (Lipinski definition) is 7. The monoisotopic (exact) mass is 417 g/mol. The SMILES string of the molecule is CCC[C@]12c3c4ccc(OC)c3O[C@H]1C(=O)CC[C@H]2C(N(C)COC(=O)OCC)C4. The summed E-state index contributed by atoms with van der Waals surface area (Å²) in [6, 6.07) is 4.17. The lowest BCUT2D eigenvalue weighted by Crippen LogP contribution is -2.61. The molecule has 1 aromatic rings. The van der Waals surface area contributed by atoms with Crippen molar-refractivity contribution < 1.29 is 28.5 Å². The molecule has 0 radical (unpaired) electrons. The number of rotatable bonds is 7. The molecule has 3 aliphatic rings. The topological polar surface area (TPSA) is 74.3 Å². The quantitative estimate of drug-likeness (QED) is 0.497.